The van der Waals surface area contributed by atoms with Gasteiger partial charge in [-0.3, -0.25) is 0 Å². The van der Waals surface area contributed by atoms with Gasteiger partial charge in [-0.15, -0.1) is 0 Å². The van der Waals surface area contributed by atoms with E-state index in [2.05, 4.69) is 26.8 Å². The van der Waals surface area contributed by atoms with E-state index in [-0.39, 0.29) is 11.2 Å². The Hall–Kier alpha value is -1.87. The minimum absolute atomic E-state index is 0.107. The van der Waals surface area contributed by atoms with Crippen molar-refractivity contribution in [2.45, 2.75) is 33.8 Å². The van der Waals surface area contributed by atoms with Gasteiger partial charge < -0.3 is 9.47 Å². The average molecular weight is 316 g/mol. The smallest absolute Gasteiger partial charge is 0.131 e. The summed E-state index contributed by atoms with van der Waals surface area (Å²) in [4.78, 5) is 0. The number of methoxy groups -OCH3 is 2. The second-order valence-electron chi connectivity index (χ2n) is 7.01. The molecule has 2 rings (SSSR count). The quantitative estimate of drug-likeness (QED) is 0.751. The molecule has 0 amide bonds. The summed E-state index contributed by atoms with van der Waals surface area (Å²) in [7, 11) is 3.27. The minimum atomic E-state index is -0.236. The van der Waals surface area contributed by atoms with Gasteiger partial charge in [0.2, 0.25) is 0 Å². The predicted octanol–water partition coefficient (Wildman–Crippen LogP) is 5.24. The first-order chi connectivity index (χ1) is 10.8. The van der Waals surface area contributed by atoms with E-state index in [9.17, 15) is 4.39 Å². The minimum Gasteiger partial charge on any atom is -0.497 e. The molecule has 0 aromatic heterocycles. The van der Waals surface area contributed by atoms with Gasteiger partial charge in [0.1, 0.15) is 11.6 Å². The Morgan fingerprint density at radius 1 is 0.957 bits per heavy atom. The Bertz CT molecular complexity index is 672. The number of rotatable bonds is 5. The first-order valence-electron chi connectivity index (χ1n) is 7.79. The lowest BCUT2D eigenvalue weighted by Gasteiger charge is -2.22. The SMILES string of the molecule is COCc1ccc(-c2cc(OC)ccc2F)c(CC(C)(C)C)c1. The Labute approximate surface area is 138 Å². The third kappa shape index (κ3) is 4.55. The molecule has 2 nitrogen and oxygen atoms in total. The molecule has 0 unspecified atom stereocenters. The lowest BCUT2D eigenvalue weighted by atomic mass is 9.84. The van der Waals surface area contributed by atoms with Gasteiger partial charge in [-0.2, -0.15) is 0 Å². The lowest BCUT2D eigenvalue weighted by Crippen LogP contribution is -2.11. The standard InChI is InChI=1S/C20H25FO2/c1-20(2,3)12-15-10-14(13-22-4)6-8-17(15)18-11-16(23-5)7-9-19(18)21/h6-11H,12-13H2,1-5H3. The highest BCUT2D eigenvalue weighted by atomic mass is 19.1. The molecule has 0 aliphatic rings. The number of benzene rings is 2. The summed E-state index contributed by atoms with van der Waals surface area (Å²) >= 11 is 0. The first kappa shape index (κ1) is 17.5. The molecule has 23 heavy (non-hydrogen) atoms. The molecule has 0 N–H and O–H groups in total. The third-order valence-electron chi connectivity index (χ3n) is 3.67. The predicted molar refractivity (Wildman–Crippen MR) is 92.3 cm³/mol. The van der Waals surface area contributed by atoms with E-state index >= 15 is 0 Å². The highest BCUT2D eigenvalue weighted by molar-refractivity contribution is 5.70. The van der Waals surface area contributed by atoms with Crippen molar-refractivity contribution in [1.29, 1.82) is 0 Å². The van der Waals surface area contributed by atoms with Gasteiger partial charge in [0.25, 0.3) is 0 Å². The number of hydrogen-bond donors (Lipinski definition) is 0. The topological polar surface area (TPSA) is 18.5 Å². The van der Waals surface area contributed by atoms with Crippen LogP contribution < -0.4 is 4.74 Å². The molecular formula is C20H25FO2. The normalized spacial score (nSPS) is 11.6. The molecule has 2 aromatic carbocycles. The van der Waals surface area contributed by atoms with Gasteiger partial charge in [0, 0.05) is 12.7 Å². The maximum absolute atomic E-state index is 14.4. The lowest BCUT2D eigenvalue weighted by molar-refractivity contribution is 0.185. The van der Waals surface area contributed by atoms with Gasteiger partial charge in [-0.05, 0) is 46.7 Å². The van der Waals surface area contributed by atoms with Crippen LogP contribution >= 0.6 is 0 Å². The second kappa shape index (κ2) is 7.14. The van der Waals surface area contributed by atoms with Crippen molar-refractivity contribution in [2.75, 3.05) is 14.2 Å². The highest BCUT2D eigenvalue weighted by Crippen LogP contribution is 2.34. The van der Waals surface area contributed by atoms with Crippen molar-refractivity contribution in [3.63, 3.8) is 0 Å². The van der Waals surface area contributed by atoms with E-state index in [1.807, 2.05) is 12.1 Å². The monoisotopic (exact) mass is 316 g/mol. The summed E-state index contributed by atoms with van der Waals surface area (Å²) < 4.78 is 24.8. The summed E-state index contributed by atoms with van der Waals surface area (Å²) in [5, 5.41) is 0. The summed E-state index contributed by atoms with van der Waals surface area (Å²) in [6.45, 7) is 7.10. The molecule has 0 aliphatic heterocycles. The van der Waals surface area contributed by atoms with Gasteiger partial charge in [0.05, 0.1) is 13.7 Å². The van der Waals surface area contributed by atoms with Crippen LogP contribution in [0, 0.1) is 11.2 Å². The molecule has 124 valence electrons. The third-order valence-corrected chi connectivity index (χ3v) is 3.67. The fourth-order valence-electron chi connectivity index (χ4n) is 2.72. The van der Waals surface area contributed by atoms with E-state index in [0.29, 0.717) is 17.9 Å². The molecule has 0 fully saturated rings. The largest absolute Gasteiger partial charge is 0.497 e. The van der Waals surface area contributed by atoms with Crippen LogP contribution in [-0.2, 0) is 17.8 Å². The summed E-state index contributed by atoms with van der Waals surface area (Å²) in [6, 6.07) is 10.9. The molecule has 3 heteroatoms. The van der Waals surface area contributed by atoms with Crippen LogP contribution in [0.3, 0.4) is 0 Å². The van der Waals surface area contributed by atoms with Crippen LogP contribution in [0.1, 0.15) is 31.9 Å². The van der Waals surface area contributed by atoms with Gasteiger partial charge in [0.15, 0.2) is 0 Å². The van der Waals surface area contributed by atoms with E-state index in [4.69, 9.17) is 9.47 Å². The van der Waals surface area contributed by atoms with Gasteiger partial charge >= 0.3 is 0 Å². The van der Waals surface area contributed by atoms with E-state index in [1.165, 1.54) is 6.07 Å². The number of hydrogen-bond acceptors (Lipinski definition) is 2. The number of ether oxygens (including phenoxy) is 2. The average Bonchev–Trinajstić information content (AvgIpc) is 2.47. The Balaban J connectivity index is 2.56. The van der Waals surface area contributed by atoms with Crippen molar-refractivity contribution in [2.24, 2.45) is 5.41 Å². The summed E-state index contributed by atoms with van der Waals surface area (Å²) in [6.07, 6.45) is 0.858. The van der Waals surface area contributed by atoms with Crippen LogP contribution in [0.2, 0.25) is 0 Å². The maximum atomic E-state index is 14.4. The molecule has 0 radical (unpaired) electrons. The zero-order chi connectivity index (χ0) is 17.0. The Morgan fingerprint density at radius 2 is 1.70 bits per heavy atom. The van der Waals surface area contributed by atoms with Crippen molar-refractivity contribution in [3.8, 4) is 16.9 Å². The molecule has 0 heterocycles. The number of halogens is 1. The Kier molecular flexibility index (Phi) is 5.42. The van der Waals surface area contributed by atoms with Crippen molar-refractivity contribution < 1.29 is 13.9 Å². The zero-order valence-electron chi connectivity index (χ0n) is 14.6. The fourth-order valence-corrected chi connectivity index (χ4v) is 2.72. The molecule has 0 atom stereocenters. The molecule has 0 bridgehead atoms. The van der Waals surface area contributed by atoms with Crippen molar-refractivity contribution >= 4 is 0 Å². The first-order valence-corrected chi connectivity index (χ1v) is 7.79. The molecule has 0 aliphatic carbocycles. The van der Waals surface area contributed by atoms with Crippen LogP contribution in [-0.4, -0.2) is 14.2 Å². The summed E-state index contributed by atoms with van der Waals surface area (Å²) in [5.74, 6) is 0.421. The van der Waals surface area contributed by atoms with E-state index < -0.39 is 0 Å². The van der Waals surface area contributed by atoms with Gasteiger partial charge in [-0.1, -0.05) is 39.0 Å². The van der Waals surface area contributed by atoms with Crippen LogP contribution in [0.5, 0.6) is 5.75 Å². The Morgan fingerprint density at radius 3 is 2.30 bits per heavy atom. The molecular weight excluding hydrogens is 291 g/mol. The van der Waals surface area contributed by atoms with E-state index in [1.54, 1.807) is 26.4 Å². The van der Waals surface area contributed by atoms with Gasteiger partial charge in [-0.25, -0.2) is 4.39 Å². The molecule has 0 saturated heterocycles. The maximum Gasteiger partial charge on any atom is 0.131 e. The fraction of sp³-hybridized carbons (Fsp3) is 0.400. The second-order valence-corrected chi connectivity index (χ2v) is 7.01. The highest BCUT2D eigenvalue weighted by Gasteiger charge is 2.17. The summed E-state index contributed by atoms with van der Waals surface area (Å²) in [5.41, 5.74) is 3.82. The van der Waals surface area contributed by atoms with Crippen molar-refractivity contribution in [1.82, 2.24) is 0 Å². The molecule has 0 saturated carbocycles. The zero-order valence-corrected chi connectivity index (χ0v) is 14.6. The molecule has 2 aromatic rings. The van der Waals surface area contributed by atoms with Crippen LogP contribution in [0.4, 0.5) is 4.39 Å². The van der Waals surface area contributed by atoms with Crippen LogP contribution in [0.15, 0.2) is 36.4 Å². The van der Waals surface area contributed by atoms with Crippen LogP contribution in [0.25, 0.3) is 11.1 Å². The molecule has 0 spiro atoms. The van der Waals surface area contributed by atoms with Crippen molar-refractivity contribution in [3.05, 3.63) is 53.3 Å². The van der Waals surface area contributed by atoms with E-state index in [0.717, 1.165) is 23.1 Å².